The predicted octanol–water partition coefficient (Wildman–Crippen LogP) is 13.4. The Labute approximate surface area is 409 Å². The van der Waals surface area contributed by atoms with E-state index in [0.717, 1.165) is 5.56 Å². The molecule has 0 unspecified atom stereocenters. The number of phenols is 1. The summed E-state index contributed by atoms with van der Waals surface area (Å²) in [6.07, 6.45) is 0. The van der Waals surface area contributed by atoms with Crippen molar-refractivity contribution in [3.63, 3.8) is 0 Å². The van der Waals surface area contributed by atoms with Crippen molar-refractivity contribution in [3.05, 3.63) is 212 Å². The van der Waals surface area contributed by atoms with E-state index in [1.54, 1.807) is 103 Å². The van der Waals surface area contributed by atoms with Crippen molar-refractivity contribution in [1.29, 1.82) is 0 Å². The Bertz CT molecular complexity index is 3530. The lowest BCUT2D eigenvalue weighted by atomic mass is 10.1. The molecule has 0 bridgehead atoms. The van der Waals surface area contributed by atoms with Crippen molar-refractivity contribution in [2.45, 2.75) is 13.5 Å². The summed E-state index contributed by atoms with van der Waals surface area (Å²) in [7, 11) is 0. The Kier molecular flexibility index (Phi) is 14.3. The number of nitrogen functional groups attached to an aromatic ring is 3. The molecular weight excluding hydrogens is 941 g/mol. The van der Waals surface area contributed by atoms with E-state index in [1.807, 2.05) is 49.4 Å². The molecular formula is C54H40Cl3N3O9. The minimum atomic E-state index is -0.465. The molecule has 0 spiro atoms. The van der Waals surface area contributed by atoms with Crippen LogP contribution in [0.5, 0.6) is 17.2 Å². The van der Waals surface area contributed by atoms with Gasteiger partial charge >= 0.3 is 0 Å². The molecule has 0 aliphatic heterocycles. The molecule has 346 valence electrons. The highest BCUT2D eigenvalue weighted by Gasteiger charge is 2.25. The maximum atomic E-state index is 13.1. The highest BCUT2D eigenvalue weighted by Crippen LogP contribution is 2.36. The quantitative estimate of drug-likeness (QED) is 0.0893. The number of rotatable bonds is 11. The third kappa shape index (κ3) is 10.2. The Balaban J connectivity index is 0.000000141. The summed E-state index contributed by atoms with van der Waals surface area (Å²) in [5.41, 5.74) is 22.4. The zero-order valence-electron chi connectivity index (χ0n) is 36.5. The summed E-state index contributed by atoms with van der Waals surface area (Å²) >= 11 is 17.9. The largest absolute Gasteiger partial charge is 0.507 e. The second-order valence-electron chi connectivity index (χ2n) is 15.2. The minimum absolute atomic E-state index is 0.00349. The summed E-state index contributed by atoms with van der Waals surface area (Å²) in [5, 5.41) is 13.1. The molecule has 0 atom stereocenters. The van der Waals surface area contributed by atoms with Crippen LogP contribution in [-0.4, -0.2) is 29.1 Å². The molecule has 0 fully saturated rings. The molecule has 10 aromatic rings. The number of carbonyl (C=O) groups is 3. The number of hydrogen-bond donors (Lipinski definition) is 4. The van der Waals surface area contributed by atoms with E-state index in [9.17, 15) is 19.5 Å². The standard InChI is InChI=1S/C22H16ClNO3.C17H14ClNO3.C15H10ClNO3/c23-15-10-11-19-17(12-15)20(24)22(27-19)21(25)16-8-4-5-9-18(16)26-13-14-6-2-1-3-7-14;1-2-21-13-6-4-3-5-11(13)16(20)17-15(19)12-9-10(18)7-8-14(12)22-17;16-8-5-6-12-10(7-8)13(17)15(20-12)14(19)9-3-1-2-4-11(9)18/h1-12H,13,24H2;3-9H,2,19H2,1H3;1-7,18H,17H2. The summed E-state index contributed by atoms with van der Waals surface area (Å²) in [6.45, 7) is 2.69. The molecule has 0 radical (unpaired) electrons. The molecule has 0 saturated carbocycles. The van der Waals surface area contributed by atoms with E-state index in [1.165, 1.54) is 12.1 Å². The maximum Gasteiger partial charge on any atom is 0.234 e. The molecule has 0 aliphatic carbocycles. The number of para-hydroxylation sites is 3. The molecule has 12 nitrogen and oxygen atoms in total. The number of carbonyl (C=O) groups excluding carboxylic acids is 3. The molecule has 0 saturated heterocycles. The number of fused-ring (bicyclic) bond motifs is 3. The second-order valence-corrected chi connectivity index (χ2v) is 16.5. The van der Waals surface area contributed by atoms with Gasteiger partial charge in [0.05, 0.1) is 40.4 Å². The average Bonchev–Trinajstić information content (AvgIpc) is 3.99. The summed E-state index contributed by atoms with van der Waals surface area (Å²) in [5.74, 6) is -0.0472. The summed E-state index contributed by atoms with van der Waals surface area (Å²) in [4.78, 5) is 38.2. The van der Waals surface area contributed by atoms with Gasteiger partial charge in [-0.1, -0.05) is 102 Å². The fourth-order valence-corrected chi connectivity index (χ4v) is 7.77. The molecule has 3 heterocycles. The number of halogens is 3. The third-order valence-corrected chi connectivity index (χ3v) is 11.3. The molecule has 7 aromatic carbocycles. The van der Waals surface area contributed by atoms with Gasteiger partial charge in [-0.05, 0) is 103 Å². The fourth-order valence-electron chi connectivity index (χ4n) is 7.26. The molecule has 0 amide bonds. The number of ether oxygens (including phenoxy) is 2. The van der Waals surface area contributed by atoms with Crippen LogP contribution >= 0.6 is 34.8 Å². The van der Waals surface area contributed by atoms with E-state index in [4.69, 9.17) is 74.7 Å². The number of benzene rings is 7. The number of furan rings is 3. The van der Waals surface area contributed by atoms with Crippen LogP contribution in [0.1, 0.15) is 60.8 Å². The van der Waals surface area contributed by atoms with E-state index < -0.39 is 5.78 Å². The van der Waals surface area contributed by atoms with Crippen LogP contribution in [0.2, 0.25) is 15.1 Å². The lowest BCUT2D eigenvalue weighted by Crippen LogP contribution is -2.06. The van der Waals surface area contributed by atoms with Crippen LogP contribution in [-0.2, 0) is 6.61 Å². The highest BCUT2D eigenvalue weighted by molar-refractivity contribution is 6.32. The number of ketones is 3. The van der Waals surface area contributed by atoms with Crippen molar-refractivity contribution in [1.82, 2.24) is 0 Å². The van der Waals surface area contributed by atoms with E-state index >= 15 is 0 Å². The Morgan fingerprint density at radius 3 is 1.26 bits per heavy atom. The normalized spacial score (nSPS) is 10.8. The van der Waals surface area contributed by atoms with Gasteiger partial charge in [0.2, 0.25) is 17.3 Å². The number of phenolic OH excluding ortho intramolecular Hbond substituents is 1. The van der Waals surface area contributed by atoms with Gasteiger partial charge in [0.25, 0.3) is 0 Å². The van der Waals surface area contributed by atoms with Crippen LogP contribution in [0.3, 0.4) is 0 Å². The van der Waals surface area contributed by atoms with Crippen molar-refractivity contribution in [2.75, 3.05) is 23.8 Å². The van der Waals surface area contributed by atoms with Gasteiger partial charge in [-0.2, -0.15) is 0 Å². The first kappa shape index (κ1) is 47.3. The second kappa shape index (κ2) is 20.8. The Hall–Kier alpha value is -8.16. The molecule has 10 rings (SSSR count). The molecule has 7 N–H and O–H groups in total. The lowest BCUT2D eigenvalue weighted by molar-refractivity contribution is 0.100. The SMILES string of the molecule is CCOc1ccccc1C(=O)c1oc2ccc(Cl)cc2c1N.Nc1c(C(=O)c2ccccc2O)oc2ccc(Cl)cc12.Nc1c(C(=O)c2ccccc2OCc2ccccc2)oc2ccc(Cl)cc12. The van der Waals surface area contributed by atoms with E-state index in [2.05, 4.69) is 0 Å². The van der Waals surface area contributed by atoms with E-state index in [-0.39, 0.29) is 57.2 Å². The van der Waals surface area contributed by atoms with Crippen LogP contribution in [0.25, 0.3) is 32.9 Å². The van der Waals surface area contributed by atoms with Crippen molar-refractivity contribution in [2.24, 2.45) is 0 Å². The van der Waals surface area contributed by atoms with Gasteiger partial charge in [-0.15, -0.1) is 0 Å². The summed E-state index contributed by atoms with van der Waals surface area (Å²) < 4.78 is 28.2. The number of hydrogen-bond acceptors (Lipinski definition) is 12. The van der Waals surface area contributed by atoms with Crippen LogP contribution in [0.4, 0.5) is 17.1 Å². The summed E-state index contributed by atoms with van der Waals surface area (Å²) in [6, 6.07) is 45.1. The molecule has 15 heteroatoms. The highest BCUT2D eigenvalue weighted by atomic mass is 35.5. The fraction of sp³-hybridized carbons (Fsp3) is 0.0556. The Morgan fingerprint density at radius 2 is 0.841 bits per heavy atom. The van der Waals surface area contributed by atoms with Gasteiger partial charge in [0.15, 0.2) is 17.3 Å². The van der Waals surface area contributed by atoms with Crippen molar-refractivity contribution in [3.8, 4) is 17.2 Å². The van der Waals surface area contributed by atoms with Gasteiger partial charge in [-0.25, -0.2) is 0 Å². The zero-order chi connectivity index (χ0) is 48.8. The number of aromatic hydroxyl groups is 1. The predicted molar refractivity (Wildman–Crippen MR) is 270 cm³/mol. The molecule has 3 aromatic heterocycles. The maximum absolute atomic E-state index is 13.1. The Morgan fingerprint density at radius 1 is 0.478 bits per heavy atom. The average molecular weight is 981 g/mol. The number of nitrogens with two attached hydrogens (primary N) is 3. The lowest BCUT2D eigenvalue weighted by Gasteiger charge is -2.10. The molecule has 0 aliphatic rings. The number of anilines is 3. The third-order valence-electron chi connectivity index (χ3n) is 10.6. The smallest absolute Gasteiger partial charge is 0.234 e. The van der Waals surface area contributed by atoms with Crippen LogP contribution in [0.15, 0.2) is 171 Å². The topological polar surface area (TPSA) is 207 Å². The van der Waals surface area contributed by atoms with Gasteiger partial charge in [0.1, 0.15) is 40.6 Å². The van der Waals surface area contributed by atoms with E-state index in [0.29, 0.717) is 83.8 Å². The van der Waals surface area contributed by atoms with Gasteiger partial charge in [0, 0.05) is 31.2 Å². The van der Waals surface area contributed by atoms with Crippen LogP contribution in [0, 0.1) is 0 Å². The van der Waals surface area contributed by atoms with Crippen molar-refractivity contribution >= 4 is 102 Å². The zero-order valence-corrected chi connectivity index (χ0v) is 38.8. The van der Waals surface area contributed by atoms with Crippen molar-refractivity contribution < 1.29 is 42.2 Å². The van der Waals surface area contributed by atoms with Gasteiger partial charge in [-0.3, -0.25) is 14.4 Å². The first-order valence-electron chi connectivity index (χ1n) is 21.1. The first-order chi connectivity index (χ1) is 33.3. The first-order valence-corrected chi connectivity index (χ1v) is 22.3. The monoisotopic (exact) mass is 979 g/mol. The van der Waals surface area contributed by atoms with Gasteiger partial charge < -0.3 is 45.0 Å². The molecule has 69 heavy (non-hydrogen) atoms. The minimum Gasteiger partial charge on any atom is -0.507 e. The van der Waals surface area contributed by atoms with Crippen LogP contribution < -0.4 is 26.7 Å².